The summed E-state index contributed by atoms with van der Waals surface area (Å²) in [5.74, 6) is 1.70. The van der Waals surface area contributed by atoms with Crippen molar-refractivity contribution in [1.29, 1.82) is 0 Å². The lowest BCUT2D eigenvalue weighted by Crippen LogP contribution is -2.05. The van der Waals surface area contributed by atoms with E-state index in [0.29, 0.717) is 6.61 Å². The maximum absolute atomic E-state index is 10.4. The predicted octanol–water partition coefficient (Wildman–Crippen LogP) is 2.62. The van der Waals surface area contributed by atoms with Crippen LogP contribution in [0.5, 0.6) is 11.5 Å². The molecule has 3 heteroatoms. The smallest absolute Gasteiger partial charge is 0.142 e. The van der Waals surface area contributed by atoms with Gasteiger partial charge in [-0.15, -0.1) is 0 Å². The first-order valence-electron chi connectivity index (χ1n) is 5.82. The fraction of sp³-hybridized carbons (Fsp3) is 0.357. The second-order valence-corrected chi connectivity index (χ2v) is 4.06. The SMILES string of the molecule is CCOc1cc2c(cc1C=CC=O)OC(C)C2. The van der Waals surface area contributed by atoms with Crippen LogP contribution in [0.2, 0.25) is 0 Å². The Balaban J connectivity index is 2.39. The highest BCUT2D eigenvalue weighted by molar-refractivity contribution is 5.76. The topological polar surface area (TPSA) is 35.5 Å². The zero-order valence-electron chi connectivity index (χ0n) is 10.1. The Labute approximate surface area is 101 Å². The van der Waals surface area contributed by atoms with Gasteiger partial charge < -0.3 is 9.47 Å². The third kappa shape index (κ3) is 2.49. The first-order valence-corrected chi connectivity index (χ1v) is 5.82. The van der Waals surface area contributed by atoms with Crippen molar-refractivity contribution < 1.29 is 14.3 Å². The molecule has 0 radical (unpaired) electrons. The van der Waals surface area contributed by atoms with Gasteiger partial charge in [0.15, 0.2) is 0 Å². The molecular weight excluding hydrogens is 216 g/mol. The van der Waals surface area contributed by atoms with Crippen LogP contribution in [0.25, 0.3) is 6.08 Å². The Bertz CT molecular complexity index is 449. The maximum atomic E-state index is 10.4. The number of carbonyl (C=O) groups excluding carboxylic acids is 1. The molecule has 1 aromatic carbocycles. The van der Waals surface area contributed by atoms with E-state index in [1.165, 1.54) is 11.6 Å². The standard InChI is InChI=1S/C14H16O3/c1-3-16-13-9-12-7-10(2)17-14(12)8-11(13)5-4-6-15/h4-6,8-10H,3,7H2,1-2H3. The minimum Gasteiger partial charge on any atom is -0.493 e. The van der Waals surface area contributed by atoms with Gasteiger partial charge in [-0.25, -0.2) is 0 Å². The van der Waals surface area contributed by atoms with Crippen molar-refractivity contribution >= 4 is 12.4 Å². The van der Waals surface area contributed by atoms with Gasteiger partial charge in [0.05, 0.1) is 6.61 Å². The average Bonchev–Trinajstić information content (AvgIpc) is 2.65. The number of hydrogen-bond acceptors (Lipinski definition) is 3. The lowest BCUT2D eigenvalue weighted by molar-refractivity contribution is -0.104. The van der Waals surface area contributed by atoms with Crippen LogP contribution in [-0.4, -0.2) is 19.0 Å². The van der Waals surface area contributed by atoms with Crippen molar-refractivity contribution in [2.24, 2.45) is 0 Å². The number of benzene rings is 1. The molecule has 0 amide bonds. The zero-order chi connectivity index (χ0) is 12.3. The molecule has 3 nitrogen and oxygen atoms in total. The number of aldehydes is 1. The van der Waals surface area contributed by atoms with Crippen LogP contribution in [0.15, 0.2) is 18.2 Å². The van der Waals surface area contributed by atoms with Gasteiger partial charge in [-0.3, -0.25) is 4.79 Å². The second kappa shape index (κ2) is 5.04. The summed E-state index contributed by atoms with van der Waals surface area (Å²) in [5, 5.41) is 0. The van der Waals surface area contributed by atoms with Gasteiger partial charge in [-0.05, 0) is 38.1 Å². The fourth-order valence-corrected chi connectivity index (χ4v) is 2.01. The van der Waals surface area contributed by atoms with Crippen molar-refractivity contribution in [3.63, 3.8) is 0 Å². The third-order valence-electron chi connectivity index (χ3n) is 2.68. The van der Waals surface area contributed by atoms with Gasteiger partial charge in [-0.2, -0.15) is 0 Å². The molecule has 1 aliphatic heterocycles. The highest BCUT2D eigenvalue weighted by Crippen LogP contribution is 2.35. The minimum atomic E-state index is 0.213. The van der Waals surface area contributed by atoms with Crippen LogP contribution in [0, 0.1) is 0 Å². The molecule has 2 rings (SSSR count). The lowest BCUT2D eigenvalue weighted by Gasteiger charge is -2.09. The van der Waals surface area contributed by atoms with E-state index in [-0.39, 0.29) is 6.10 Å². The molecule has 0 N–H and O–H groups in total. The van der Waals surface area contributed by atoms with Gasteiger partial charge in [0, 0.05) is 17.5 Å². The molecule has 0 bridgehead atoms. The highest BCUT2D eigenvalue weighted by Gasteiger charge is 2.21. The first kappa shape index (κ1) is 11.7. The van der Waals surface area contributed by atoms with Crippen LogP contribution < -0.4 is 9.47 Å². The van der Waals surface area contributed by atoms with Gasteiger partial charge in [0.25, 0.3) is 0 Å². The zero-order valence-corrected chi connectivity index (χ0v) is 10.1. The molecule has 1 atom stereocenters. The molecule has 1 aliphatic rings. The molecule has 1 unspecified atom stereocenters. The van der Waals surface area contributed by atoms with Gasteiger partial charge in [-0.1, -0.05) is 0 Å². The van der Waals surface area contributed by atoms with E-state index >= 15 is 0 Å². The third-order valence-corrected chi connectivity index (χ3v) is 2.68. The van der Waals surface area contributed by atoms with E-state index in [9.17, 15) is 4.79 Å². The van der Waals surface area contributed by atoms with Crippen molar-refractivity contribution in [1.82, 2.24) is 0 Å². The number of rotatable bonds is 4. The number of hydrogen-bond donors (Lipinski definition) is 0. The molecule has 0 aliphatic carbocycles. The maximum Gasteiger partial charge on any atom is 0.142 e. The molecule has 0 spiro atoms. The van der Waals surface area contributed by atoms with E-state index in [0.717, 1.165) is 29.8 Å². The Morgan fingerprint density at radius 3 is 3.06 bits per heavy atom. The summed E-state index contributed by atoms with van der Waals surface area (Å²) in [6, 6.07) is 3.94. The molecule has 17 heavy (non-hydrogen) atoms. The fourth-order valence-electron chi connectivity index (χ4n) is 2.01. The van der Waals surface area contributed by atoms with E-state index in [2.05, 4.69) is 0 Å². The van der Waals surface area contributed by atoms with Crippen LogP contribution >= 0.6 is 0 Å². The number of fused-ring (bicyclic) bond motifs is 1. The van der Waals surface area contributed by atoms with E-state index < -0.39 is 0 Å². The summed E-state index contributed by atoms with van der Waals surface area (Å²) in [4.78, 5) is 10.4. The van der Waals surface area contributed by atoms with Crippen LogP contribution in [0.1, 0.15) is 25.0 Å². The molecule has 0 saturated carbocycles. The summed E-state index contributed by atoms with van der Waals surface area (Å²) >= 11 is 0. The Morgan fingerprint density at radius 1 is 1.53 bits per heavy atom. The number of ether oxygens (including phenoxy) is 2. The highest BCUT2D eigenvalue weighted by atomic mass is 16.5. The Morgan fingerprint density at radius 2 is 2.35 bits per heavy atom. The first-order chi connectivity index (χ1) is 8.24. The Kier molecular flexibility index (Phi) is 3.47. The van der Waals surface area contributed by atoms with Gasteiger partial charge in [0.1, 0.15) is 23.9 Å². The van der Waals surface area contributed by atoms with Gasteiger partial charge in [0.2, 0.25) is 0 Å². The lowest BCUT2D eigenvalue weighted by atomic mass is 10.1. The Hall–Kier alpha value is -1.77. The van der Waals surface area contributed by atoms with Crippen molar-refractivity contribution in [2.75, 3.05) is 6.61 Å². The normalized spacial score (nSPS) is 17.9. The predicted molar refractivity (Wildman–Crippen MR) is 66.5 cm³/mol. The number of allylic oxidation sites excluding steroid dienone is 1. The van der Waals surface area contributed by atoms with Crippen LogP contribution in [0.4, 0.5) is 0 Å². The molecule has 1 heterocycles. The minimum absolute atomic E-state index is 0.213. The average molecular weight is 232 g/mol. The van der Waals surface area contributed by atoms with Crippen molar-refractivity contribution in [3.8, 4) is 11.5 Å². The van der Waals surface area contributed by atoms with E-state index in [1.54, 1.807) is 6.08 Å². The van der Waals surface area contributed by atoms with E-state index in [1.807, 2.05) is 26.0 Å². The van der Waals surface area contributed by atoms with E-state index in [4.69, 9.17) is 9.47 Å². The largest absolute Gasteiger partial charge is 0.493 e. The summed E-state index contributed by atoms with van der Waals surface area (Å²) in [6.07, 6.45) is 5.08. The summed E-state index contributed by atoms with van der Waals surface area (Å²) in [7, 11) is 0. The van der Waals surface area contributed by atoms with Crippen LogP contribution in [0.3, 0.4) is 0 Å². The number of carbonyl (C=O) groups is 1. The summed E-state index contributed by atoms with van der Waals surface area (Å²) in [6.45, 7) is 4.60. The van der Waals surface area contributed by atoms with Crippen LogP contribution in [-0.2, 0) is 11.2 Å². The molecule has 1 aromatic rings. The summed E-state index contributed by atoms with van der Waals surface area (Å²) in [5.41, 5.74) is 2.05. The monoisotopic (exact) mass is 232 g/mol. The molecule has 0 aromatic heterocycles. The molecular formula is C14H16O3. The summed E-state index contributed by atoms with van der Waals surface area (Å²) < 4.78 is 11.3. The van der Waals surface area contributed by atoms with Crippen molar-refractivity contribution in [3.05, 3.63) is 29.3 Å². The van der Waals surface area contributed by atoms with Crippen molar-refractivity contribution in [2.45, 2.75) is 26.4 Å². The quantitative estimate of drug-likeness (QED) is 0.591. The van der Waals surface area contributed by atoms with Gasteiger partial charge >= 0.3 is 0 Å². The molecule has 0 fully saturated rings. The molecule has 90 valence electrons. The second-order valence-electron chi connectivity index (χ2n) is 4.06. The molecule has 0 saturated heterocycles.